The first kappa shape index (κ1) is 13.3. The Hall–Kier alpha value is -2.16. The van der Waals surface area contributed by atoms with Gasteiger partial charge in [0.15, 0.2) is 0 Å². The second kappa shape index (κ2) is 5.22. The summed E-state index contributed by atoms with van der Waals surface area (Å²) in [5, 5.41) is 2.95. The Morgan fingerprint density at radius 3 is 2.42 bits per heavy atom. The maximum absolute atomic E-state index is 12.1. The van der Waals surface area contributed by atoms with Gasteiger partial charge in [-0.15, -0.1) is 0 Å². The van der Waals surface area contributed by atoms with E-state index in [0.717, 1.165) is 16.8 Å². The average Bonchev–Trinajstić information content (AvgIpc) is 2.39. The molecule has 98 valence electrons. The highest BCUT2D eigenvalue weighted by atomic mass is 16.2. The molecule has 0 fully saturated rings. The van der Waals surface area contributed by atoms with Gasteiger partial charge in [0.1, 0.15) is 0 Å². The number of anilines is 1. The van der Waals surface area contributed by atoms with Gasteiger partial charge in [0.25, 0.3) is 0 Å². The molecule has 0 unspecified atom stereocenters. The fraction of sp³-hybridized carbons (Fsp3) is 0.250. The summed E-state index contributed by atoms with van der Waals surface area (Å²) in [4.78, 5) is 16.2. The lowest BCUT2D eigenvalue weighted by atomic mass is 9.95. The number of rotatable bonds is 2. The van der Waals surface area contributed by atoms with Crippen LogP contribution in [0.5, 0.6) is 0 Å². The summed E-state index contributed by atoms with van der Waals surface area (Å²) in [6, 6.07) is 11.9. The molecule has 0 bridgehead atoms. The highest BCUT2D eigenvalue weighted by Crippen LogP contribution is 2.28. The van der Waals surface area contributed by atoms with Crippen molar-refractivity contribution in [3.63, 3.8) is 0 Å². The Balaban J connectivity index is 2.35. The van der Waals surface area contributed by atoms with Crippen molar-refractivity contribution in [1.82, 2.24) is 4.98 Å². The summed E-state index contributed by atoms with van der Waals surface area (Å²) in [7, 11) is 0. The van der Waals surface area contributed by atoms with Crippen molar-refractivity contribution in [1.29, 1.82) is 0 Å². The number of hydrogen-bond acceptors (Lipinski definition) is 2. The molecule has 1 N–H and O–H groups in total. The van der Waals surface area contributed by atoms with E-state index >= 15 is 0 Å². The lowest BCUT2D eigenvalue weighted by molar-refractivity contribution is -0.123. The lowest BCUT2D eigenvalue weighted by Gasteiger charge is -2.19. The van der Waals surface area contributed by atoms with Crippen LogP contribution in [0.1, 0.15) is 20.8 Å². The van der Waals surface area contributed by atoms with Crippen molar-refractivity contribution in [3.8, 4) is 11.1 Å². The molecule has 0 spiro atoms. The van der Waals surface area contributed by atoms with Gasteiger partial charge in [-0.2, -0.15) is 0 Å². The highest BCUT2D eigenvalue weighted by molar-refractivity contribution is 5.97. The summed E-state index contributed by atoms with van der Waals surface area (Å²) in [6.07, 6.45) is 3.42. The van der Waals surface area contributed by atoms with Crippen LogP contribution in [-0.4, -0.2) is 10.9 Å². The van der Waals surface area contributed by atoms with Crippen molar-refractivity contribution in [2.24, 2.45) is 5.41 Å². The van der Waals surface area contributed by atoms with E-state index in [1.807, 2.05) is 57.2 Å². The predicted molar refractivity (Wildman–Crippen MR) is 77.8 cm³/mol. The molecule has 0 aliphatic heterocycles. The molecule has 0 atom stereocenters. The third kappa shape index (κ3) is 3.19. The van der Waals surface area contributed by atoms with E-state index in [1.54, 1.807) is 12.4 Å². The summed E-state index contributed by atoms with van der Waals surface area (Å²) in [6.45, 7) is 5.67. The van der Waals surface area contributed by atoms with Gasteiger partial charge in [-0.05, 0) is 11.6 Å². The smallest absolute Gasteiger partial charge is 0.229 e. The fourth-order valence-electron chi connectivity index (χ4n) is 1.67. The van der Waals surface area contributed by atoms with Gasteiger partial charge in [-0.25, -0.2) is 0 Å². The number of aromatic nitrogens is 1. The molecule has 0 aliphatic carbocycles. The molecular formula is C16H18N2O. The van der Waals surface area contributed by atoms with Crippen LogP contribution in [0.3, 0.4) is 0 Å². The van der Waals surface area contributed by atoms with Crippen LogP contribution in [0, 0.1) is 5.41 Å². The zero-order chi connectivity index (χ0) is 13.9. The molecule has 1 amide bonds. The van der Waals surface area contributed by atoms with E-state index in [4.69, 9.17) is 0 Å². The van der Waals surface area contributed by atoms with Crippen molar-refractivity contribution in [2.75, 3.05) is 5.32 Å². The maximum Gasteiger partial charge on any atom is 0.229 e. The lowest BCUT2D eigenvalue weighted by Crippen LogP contribution is -2.27. The van der Waals surface area contributed by atoms with Gasteiger partial charge in [0.2, 0.25) is 5.91 Å². The number of pyridine rings is 1. The molecule has 3 heteroatoms. The van der Waals surface area contributed by atoms with E-state index in [2.05, 4.69) is 10.3 Å². The molecule has 3 nitrogen and oxygen atoms in total. The SMILES string of the molecule is CC(C)(C)C(=O)Nc1cnccc1-c1ccccc1. The Morgan fingerprint density at radius 2 is 1.79 bits per heavy atom. The van der Waals surface area contributed by atoms with Gasteiger partial charge in [-0.3, -0.25) is 9.78 Å². The molecule has 19 heavy (non-hydrogen) atoms. The fourth-order valence-corrected chi connectivity index (χ4v) is 1.67. The largest absolute Gasteiger partial charge is 0.324 e. The molecule has 1 aromatic heterocycles. The molecule has 1 heterocycles. The summed E-state index contributed by atoms with van der Waals surface area (Å²) >= 11 is 0. The second-order valence-corrected chi connectivity index (χ2v) is 5.49. The maximum atomic E-state index is 12.1. The highest BCUT2D eigenvalue weighted by Gasteiger charge is 2.22. The van der Waals surface area contributed by atoms with Gasteiger partial charge < -0.3 is 5.32 Å². The van der Waals surface area contributed by atoms with Gasteiger partial charge in [0, 0.05) is 17.2 Å². The zero-order valence-electron chi connectivity index (χ0n) is 11.5. The minimum Gasteiger partial charge on any atom is -0.324 e. The van der Waals surface area contributed by atoms with Crippen molar-refractivity contribution in [2.45, 2.75) is 20.8 Å². The first-order valence-corrected chi connectivity index (χ1v) is 6.29. The molecule has 2 rings (SSSR count). The zero-order valence-corrected chi connectivity index (χ0v) is 11.5. The van der Waals surface area contributed by atoms with Crippen LogP contribution in [0.15, 0.2) is 48.8 Å². The second-order valence-electron chi connectivity index (χ2n) is 5.49. The standard InChI is InChI=1S/C16H18N2O/c1-16(2,3)15(19)18-14-11-17-10-9-13(14)12-7-5-4-6-8-12/h4-11H,1-3H3,(H,18,19). The number of amides is 1. The summed E-state index contributed by atoms with van der Waals surface area (Å²) in [5.41, 5.74) is 2.36. The van der Waals surface area contributed by atoms with Crippen molar-refractivity contribution in [3.05, 3.63) is 48.8 Å². The molecule has 0 radical (unpaired) electrons. The molecular weight excluding hydrogens is 236 g/mol. The van der Waals surface area contributed by atoms with E-state index in [0.29, 0.717) is 0 Å². The Morgan fingerprint density at radius 1 is 1.11 bits per heavy atom. The normalized spacial score (nSPS) is 11.1. The first-order valence-electron chi connectivity index (χ1n) is 6.29. The third-order valence-electron chi connectivity index (χ3n) is 2.84. The quantitative estimate of drug-likeness (QED) is 0.887. The van der Waals surface area contributed by atoms with Crippen molar-refractivity contribution >= 4 is 11.6 Å². The monoisotopic (exact) mass is 254 g/mol. The summed E-state index contributed by atoms with van der Waals surface area (Å²) < 4.78 is 0. The Labute approximate surface area is 113 Å². The number of carbonyl (C=O) groups excluding carboxylic acids is 1. The number of nitrogens with zero attached hydrogens (tertiary/aromatic N) is 1. The molecule has 2 aromatic rings. The van der Waals surface area contributed by atoms with E-state index in [1.165, 1.54) is 0 Å². The van der Waals surface area contributed by atoms with E-state index < -0.39 is 5.41 Å². The number of nitrogens with one attached hydrogen (secondary N) is 1. The van der Waals surface area contributed by atoms with E-state index in [9.17, 15) is 4.79 Å². The third-order valence-corrected chi connectivity index (χ3v) is 2.84. The Bertz CT molecular complexity index is 571. The minimum absolute atomic E-state index is 0.0160. The van der Waals surface area contributed by atoms with Crippen LogP contribution in [0.4, 0.5) is 5.69 Å². The number of carbonyl (C=O) groups is 1. The molecule has 0 saturated heterocycles. The summed E-state index contributed by atoms with van der Waals surface area (Å²) in [5.74, 6) is -0.0160. The number of hydrogen-bond donors (Lipinski definition) is 1. The van der Waals surface area contributed by atoms with Gasteiger partial charge in [-0.1, -0.05) is 51.1 Å². The van der Waals surface area contributed by atoms with Crippen LogP contribution >= 0.6 is 0 Å². The van der Waals surface area contributed by atoms with Crippen LogP contribution in [0.2, 0.25) is 0 Å². The topological polar surface area (TPSA) is 42.0 Å². The van der Waals surface area contributed by atoms with Gasteiger partial charge in [0.05, 0.1) is 11.9 Å². The first-order chi connectivity index (χ1) is 8.98. The number of benzene rings is 1. The minimum atomic E-state index is -0.427. The molecule has 0 saturated carbocycles. The van der Waals surface area contributed by atoms with Gasteiger partial charge >= 0.3 is 0 Å². The van der Waals surface area contributed by atoms with Crippen molar-refractivity contribution < 1.29 is 4.79 Å². The van der Waals surface area contributed by atoms with Crippen LogP contribution in [0.25, 0.3) is 11.1 Å². The Kier molecular flexibility index (Phi) is 3.65. The van der Waals surface area contributed by atoms with Crippen LogP contribution < -0.4 is 5.32 Å². The molecule has 1 aromatic carbocycles. The van der Waals surface area contributed by atoms with Crippen LogP contribution in [-0.2, 0) is 4.79 Å². The average molecular weight is 254 g/mol. The van der Waals surface area contributed by atoms with E-state index in [-0.39, 0.29) is 5.91 Å². The molecule has 0 aliphatic rings. The predicted octanol–water partition coefficient (Wildman–Crippen LogP) is 3.73.